The highest BCUT2D eigenvalue weighted by Crippen LogP contribution is 2.37. The topological polar surface area (TPSA) is 26.3 Å². The Hall–Kier alpha value is -1.73. The number of esters is 1. The third-order valence-corrected chi connectivity index (χ3v) is 4.10. The highest BCUT2D eigenvalue weighted by atomic mass is 19.4. The predicted octanol–water partition coefficient (Wildman–Crippen LogP) is 7.02. The van der Waals surface area contributed by atoms with Crippen molar-refractivity contribution in [2.24, 2.45) is 0 Å². The minimum absolute atomic E-state index is 0.0626. The van der Waals surface area contributed by atoms with E-state index in [4.69, 9.17) is 4.74 Å². The lowest BCUT2D eigenvalue weighted by atomic mass is 10.0. The summed E-state index contributed by atoms with van der Waals surface area (Å²) >= 11 is 0. The van der Waals surface area contributed by atoms with Crippen LogP contribution in [0.5, 0.6) is 0 Å². The molecule has 0 saturated carbocycles. The predicted molar refractivity (Wildman–Crippen MR) is 89.3 cm³/mol. The zero-order valence-electron chi connectivity index (χ0n) is 15.2. The van der Waals surface area contributed by atoms with Crippen LogP contribution < -0.4 is 0 Å². The van der Waals surface area contributed by atoms with E-state index < -0.39 is 35.0 Å². The Balaban J connectivity index is 2.57. The molecule has 1 rings (SSSR count). The van der Waals surface area contributed by atoms with Gasteiger partial charge in [-0.15, -0.1) is 0 Å². The first-order chi connectivity index (χ1) is 12.6. The molecular weight excluding hydrogens is 374 g/mol. The summed E-state index contributed by atoms with van der Waals surface area (Å²) in [6, 6.07) is 0.900. The second-order valence-electron chi connectivity index (χ2n) is 6.37. The maximum Gasteiger partial charge on any atom is 0.417 e. The van der Waals surface area contributed by atoms with Gasteiger partial charge in [0, 0.05) is 0 Å². The van der Waals surface area contributed by atoms with E-state index in [-0.39, 0.29) is 12.7 Å². The molecule has 0 spiro atoms. The summed E-state index contributed by atoms with van der Waals surface area (Å²) in [5, 5.41) is 0. The molecule has 0 radical (unpaired) electrons. The average Bonchev–Trinajstić information content (AvgIpc) is 2.58. The molecule has 1 aromatic rings. The molecule has 0 aliphatic heterocycles. The van der Waals surface area contributed by atoms with E-state index in [2.05, 4.69) is 6.92 Å². The van der Waals surface area contributed by atoms with E-state index >= 15 is 0 Å². The number of unbranched alkanes of at least 4 members (excludes halogenated alkanes) is 7. The van der Waals surface area contributed by atoms with Gasteiger partial charge in [0.1, 0.15) is 0 Å². The fraction of sp³-hybridized carbons (Fsp3) is 0.632. The molecule has 0 saturated heterocycles. The largest absolute Gasteiger partial charge is 0.462 e. The second-order valence-corrected chi connectivity index (χ2v) is 6.37. The van der Waals surface area contributed by atoms with E-state index in [0.717, 1.165) is 32.1 Å². The molecule has 0 atom stereocenters. The van der Waals surface area contributed by atoms with Gasteiger partial charge in [0.2, 0.25) is 0 Å². The Morgan fingerprint density at radius 2 is 1.41 bits per heavy atom. The molecule has 1 aromatic carbocycles. The standard InChI is InChI=1S/C19H24F6O2/c1-2-3-4-5-6-7-8-9-12-27-17(26)15-11-10-14(18(20,21)22)13-16(15)19(23,24)25/h10-11,13H,2-9,12H2,1H3. The van der Waals surface area contributed by atoms with Crippen LogP contribution in [0.3, 0.4) is 0 Å². The normalized spacial score (nSPS) is 12.3. The molecule has 0 amide bonds. The first-order valence-electron chi connectivity index (χ1n) is 9.03. The monoisotopic (exact) mass is 398 g/mol. The van der Waals surface area contributed by atoms with Crippen molar-refractivity contribution in [1.29, 1.82) is 0 Å². The highest BCUT2D eigenvalue weighted by molar-refractivity contribution is 5.91. The fourth-order valence-corrected chi connectivity index (χ4v) is 2.61. The number of hydrogen-bond acceptors (Lipinski definition) is 2. The molecule has 0 aliphatic carbocycles. The van der Waals surface area contributed by atoms with Crippen LogP contribution in [0.15, 0.2) is 18.2 Å². The molecule has 0 aliphatic rings. The summed E-state index contributed by atoms with van der Waals surface area (Å²) < 4.78 is 81.7. The van der Waals surface area contributed by atoms with Crippen LogP contribution in [0, 0.1) is 0 Å². The van der Waals surface area contributed by atoms with Crippen LogP contribution in [0.2, 0.25) is 0 Å². The maximum atomic E-state index is 13.0. The lowest BCUT2D eigenvalue weighted by molar-refractivity contribution is -0.143. The maximum absolute atomic E-state index is 13.0. The van der Waals surface area contributed by atoms with Crippen molar-refractivity contribution < 1.29 is 35.9 Å². The molecule has 0 N–H and O–H groups in total. The molecule has 154 valence electrons. The third kappa shape index (κ3) is 8.22. The Morgan fingerprint density at radius 3 is 1.93 bits per heavy atom. The zero-order valence-corrected chi connectivity index (χ0v) is 15.2. The lowest BCUT2D eigenvalue weighted by Gasteiger charge is -2.15. The summed E-state index contributed by atoms with van der Waals surface area (Å²) in [4.78, 5) is 11.9. The second kappa shape index (κ2) is 10.6. The Bertz CT molecular complexity index is 593. The SMILES string of the molecule is CCCCCCCCCCOC(=O)c1ccc(C(F)(F)F)cc1C(F)(F)F. The van der Waals surface area contributed by atoms with Gasteiger partial charge in [-0.05, 0) is 24.6 Å². The van der Waals surface area contributed by atoms with Crippen molar-refractivity contribution in [3.05, 3.63) is 34.9 Å². The van der Waals surface area contributed by atoms with Gasteiger partial charge in [-0.2, -0.15) is 26.3 Å². The number of ether oxygens (including phenoxy) is 1. The van der Waals surface area contributed by atoms with E-state index in [9.17, 15) is 31.1 Å². The molecule has 27 heavy (non-hydrogen) atoms. The zero-order chi connectivity index (χ0) is 20.5. The van der Waals surface area contributed by atoms with Crippen LogP contribution in [0.25, 0.3) is 0 Å². The van der Waals surface area contributed by atoms with Gasteiger partial charge >= 0.3 is 18.3 Å². The van der Waals surface area contributed by atoms with Crippen molar-refractivity contribution in [2.45, 2.75) is 70.6 Å². The summed E-state index contributed by atoms with van der Waals surface area (Å²) in [6.45, 7) is 2.06. The molecule has 0 unspecified atom stereocenters. The first-order valence-corrected chi connectivity index (χ1v) is 9.03. The molecule has 0 aromatic heterocycles. The average molecular weight is 398 g/mol. The number of alkyl halides is 6. The van der Waals surface area contributed by atoms with Crippen LogP contribution >= 0.6 is 0 Å². The van der Waals surface area contributed by atoms with Gasteiger partial charge < -0.3 is 4.74 Å². The van der Waals surface area contributed by atoms with Crippen molar-refractivity contribution in [1.82, 2.24) is 0 Å². The summed E-state index contributed by atoms with van der Waals surface area (Å²) in [7, 11) is 0. The Labute approximate surface area is 154 Å². The summed E-state index contributed by atoms with van der Waals surface area (Å²) in [5.74, 6) is -1.26. The molecule has 0 heterocycles. The lowest BCUT2D eigenvalue weighted by Crippen LogP contribution is -2.18. The molecule has 2 nitrogen and oxygen atoms in total. The van der Waals surface area contributed by atoms with Gasteiger partial charge in [-0.25, -0.2) is 4.79 Å². The Morgan fingerprint density at radius 1 is 0.852 bits per heavy atom. The number of benzene rings is 1. The van der Waals surface area contributed by atoms with E-state index in [0.29, 0.717) is 18.6 Å². The quantitative estimate of drug-likeness (QED) is 0.240. The Kier molecular flexibility index (Phi) is 9.12. The van der Waals surface area contributed by atoms with Gasteiger partial charge in [0.05, 0.1) is 23.3 Å². The third-order valence-electron chi connectivity index (χ3n) is 4.10. The molecule has 0 fully saturated rings. The number of halogens is 6. The van der Waals surface area contributed by atoms with Crippen molar-refractivity contribution >= 4 is 5.97 Å². The summed E-state index contributed by atoms with van der Waals surface area (Å²) in [6.07, 6.45) is -2.13. The van der Waals surface area contributed by atoms with Crippen LogP contribution in [0.1, 0.15) is 79.8 Å². The van der Waals surface area contributed by atoms with Crippen molar-refractivity contribution in [2.75, 3.05) is 6.61 Å². The van der Waals surface area contributed by atoms with Crippen LogP contribution in [0.4, 0.5) is 26.3 Å². The fourth-order valence-electron chi connectivity index (χ4n) is 2.61. The van der Waals surface area contributed by atoms with Gasteiger partial charge in [-0.3, -0.25) is 0 Å². The van der Waals surface area contributed by atoms with Gasteiger partial charge in [-0.1, -0.05) is 51.9 Å². The minimum Gasteiger partial charge on any atom is -0.462 e. The van der Waals surface area contributed by atoms with Crippen molar-refractivity contribution in [3.63, 3.8) is 0 Å². The number of rotatable bonds is 10. The van der Waals surface area contributed by atoms with E-state index in [1.165, 1.54) is 12.8 Å². The van der Waals surface area contributed by atoms with Gasteiger partial charge in [0.15, 0.2) is 0 Å². The summed E-state index contributed by atoms with van der Waals surface area (Å²) in [5.41, 5.74) is -4.01. The minimum atomic E-state index is -5.09. The smallest absolute Gasteiger partial charge is 0.417 e. The molecule has 8 heteroatoms. The van der Waals surface area contributed by atoms with E-state index in [1.807, 2.05) is 0 Å². The number of hydrogen-bond donors (Lipinski definition) is 0. The van der Waals surface area contributed by atoms with E-state index in [1.54, 1.807) is 0 Å². The van der Waals surface area contributed by atoms with Gasteiger partial charge in [0.25, 0.3) is 0 Å². The number of carbonyl (C=O) groups excluding carboxylic acids is 1. The molecular formula is C19H24F6O2. The molecule has 0 bridgehead atoms. The van der Waals surface area contributed by atoms with Crippen LogP contribution in [-0.2, 0) is 17.1 Å². The highest BCUT2D eigenvalue weighted by Gasteiger charge is 2.39. The van der Waals surface area contributed by atoms with Crippen molar-refractivity contribution in [3.8, 4) is 0 Å². The van der Waals surface area contributed by atoms with Crippen LogP contribution in [-0.4, -0.2) is 12.6 Å². The number of carbonyl (C=O) groups is 1. The first kappa shape index (κ1) is 23.3.